The van der Waals surface area contributed by atoms with Gasteiger partial charge in [0.05, 0.1) is 0 Å². The van der Waals surface area contributed by atoms with E-state index in [0.717, 1.165) is 44.7 Å². The van der Waals surface area contributed by atoms with E-state index in [-0.39, 0.29) is 17.9 Å². The number of hydrogen-bond acceptors (Lipinski definition) is 3. The number of para-hydroxylation sites is 1. The molecule has 4 nitrogen and oxygen atoms in total. The number of fused-ring (bicyclic) bond motifs is 1. The van der Waals surface area contributed by atoms with Crippen LogP contribution in [0.15, 0.2) is 24.3 Å². The van der Waals surface area contributed by atoms with E-state index in [2.05, 4.69) is 31.7 Å². The minimum atomic E-state index is 0.193. The molecule has 2 rings (SSSR count). The topological polar surface area (TPSA) is 43.8 Å². The lowest BCUT2D eigenvalue weighted by molar-refractivity contribution is -0.118. The van der Waals surface area contributed by atoms with Crippen molar-refractivity contribution in [2.45, 2.75) is 40.0 Å². The number of anilines is 1. The Morgan fingerprint density at radius 2 is 2.00 bits per heavy atom. The highest BCUT2D eigenvalue weighted by molar-refractivity contribution is 5.95. The second-order valence-corrected chi connectivity index (χ2v) is 7.59. The number of hydrogen-bond donors (Lipinski definition) is 1. The van der Waals surface area contributed by atoms with Crippen LogP contribution < -0.4 is 4.90 Å². The second-order valence-electron chi connectivity index (χ2n) is 7.59. The van der Waals surface area contributed by atoms with Gasteiger partial charge in [0, 0.05) is 44.9 Å². The van der Waals surface area contributed by atoms with Crippen LogP contribution in [-0.2, 0) is 11.2 Å². The molecule has 0 radical (unpaired) electrons. The van der Waals surface area contributed by atoms with Crippen LogP contribution in [0, 0.1) is 5.41 Å². The van der Waals surface area contributed by atoms with Crippen molar-refractivity contribution in [3.63, 3.8) is 0 Å². The fraction of sp³-hybridized carbons (Fsp3) is 0.632. The predicted octanol–water partition coefficient (Wildman–Crippen LogP) is 2.70. The quantitative estimate of drug-likeness (QED) is 0.840. The van der Waals surface area contributed by atoms with Crippen molar-refractivity contribution in [2.75, 3.05) is 37.7 Å². The summed E-state index contributed by atoms with van der Waals surface area (Å²) in [6.07, 6.45) is 2.25. The van der Waals surface area contributed by atoms with E-state index in [1.165, 1.54) is 5.56 Å². The molecule has 1 aliphatic rings. The molecule has 0 fully saturated rings. The molecule has 1 aliphatic heterocycles. The SMILES string of the molecule is CC(C)(C)CN(CCCO)CCC(=O)N1CCc2ccccc21. The highest BCUT2D eigenvalue weighted by Gasteiger charge is 2.24. The van der Waals surface area contributed by atoms with E-state index >= 15 is 0 Å². The van der Waals surface area contributed by atoms with Gasteiger partial charge in [-0.15, -0.1) is 0 Å². The Hall–Kier alpha value is -1.39. The minimum Gasteiger partial charge on any atom is -0.396 e. The molecule has 1 heterocycles. The van der Waals surface area contributed by atoms with Gasteiger partial charge in [-0.3, -0.25) is 4.79 Å². The smallest absolute Gasteiger partial charge is 0.228 e. The molecule has 0 saturated carbocycles. The summed E-state index contributed by atoms with van der Waals surface area (Å²) in [6, 6.07) is 8.18. The van der Waals surface area contributed by atoms with E-state index in [1.54, 1.807) is 0 Å². The molecule has 1 amide bonds. The van der Waals surface area contributed by atoms with Crippen LogP contribution >= 0.6 is 0 Å². The standard InChI is InChI=1S/C19H30N2O2/c1-19(2,3)15-20(11-6-14-22)12-10-18(23)21-13-9-16-7-4-5-8-17(16)21/h4-5,7-8,22H,6,9-15H2,1-3H3. The van der Waals surface area contributed by atoms with E-state index in [9.17, 15) is 4.79 Å². The summed E-state index contributed by atoms with van der Waals surface area (Å²) in [5.74, 6) is 0.206. The lowest BCUT2D eigenvalue weighted by atomic mass is 9.96. The molecule has 23 heavy (non-hydrogen) atoms. The maximum atomic E-state index is 12.6. The predicted molar refractivity (Wildman–Crippen MR) is 94.7 cm³/mol. The Labute approximate surface area is 140 Å². The molecule has 1 aromatic carbocycles. The molecule has 0 atom stereocenters. The summed E-state index contributed by atoms with van der Waals surface area (Å²) in [4.78, 5) is 16.8. The van der Waals surface area contributed by atoms with Gasteiger partial charge in [-0.25, -0.2) is 0 Å². The Morgan fingerprint density at radius 1 is 1.26 bits per heavy atom. The van der Waals surface area contributed by atoms with Crippen LogP contribution in [0.4, 0.5) is 5.69 Å². The van der Waals surface area contributed by atoms with E-state index in [0.29, 0.717) is 6.42 Å². The van der Waals surface area contributed by atoms with Crippen LogP contribution in [0.2, 0.25) is 0 Å². The van der Waals surface area contributed by atoms with Gasteiger partial charge in [0.1, 0.15) is 0 Å². The van der Waals surface area contributed by atoms with Gasteiger partial charge in [-0.2, -0.15) is 0 Å². The van der Waals surface area contributed by atoms with E-state index in [1.807, 2.05) is 23.1 Å². The van der Waals surface area contributed by atoms with Crippen molar-refractivity contribution >= 4 is 11.6 Å². The Balaban J connectivity index is 1.91. The third-order valence-corrected chi connectivity index (χ3v) is 4.16. The molecule has 0 spiro atoms. The summed E-state index contributed by atoms with van der Waals surface area (Å²) >= 11 is 0. The zero-order valence-corrected chi connectivity index (χ0v) is 14.7. The van der Waals surface area contributed by atoms with Gasteiger partial charge in [0.25, 0.3) is 0 Å². The number of benzene rings is 1. The van der Waals surface area contributed by atoms with Crippen LogP contribution in [0.1, 0.15) is 39.2 Å². The van der Waals surface area contributed by atoms with Gasteiger partial charge in [0.2, 0.25) is 5.91 Å². The molecule has 0 aliphatic carbocycles. The number of aliphatic hydroxyl groups excluding tert-OH is 1. The van der Waals surface area contributed by atoms with Crippen LogP contribution in [-0.4, -0.2) is 48.7 Å². The van der Waals surface area contributed by atoms with Crippen molar-refractivity contribution in [1.29, 1.82) is 0 Å². The molecule has 0 bridgehead atoms. The van der Waals surface area contributed by atoms with Gasteiger partial charge >= 0.3 is 0 Å². The molecule has 1 aromatic rings. The highest BCUT2D eigenvalue weighted by atomic mass is 16.3. The molecular formula is C19H30N2O2. The fourth-order valence-corrected chi connectivity index (χ4v) is 3.22. The second kappa shape index (κ2) is 7.93. The molecule has 0 saturated heterocycles. The molecule has 128 valence electrons. The van der Waals surface area contributed by atoms with Crippen LogP contribution in [0.25, 0.3) is 0 Å². The van der Waals surface area contributed by atoms with Crippen molar-refractivity contribution < 1.29 is 9.90 Å². The first-order chi connectivity index (χ1) is 10.9. The zero-order chi connectivity index (χ0) is 16.9. The summed E-state index contributed by atoms with van der Waals surface area (Å²) in [5, 5.41) is 9.07. The van der Waals surface area contributed by atoms with Crippen molar-refractivity contribution in [2.24, 2.45) is 5.41 Å². The summed E-state index contributed by atoms with van der Waals surface area (Å²) in [5.41, 5.74) is 2.54. The summed E-state index contributed by atoms with van der Waals surface area (Å²) in [6.45, 7) is 10.2. The van der Waals surface area contributed by atoms with E-state index < -0.39 is 0 Å². The van der Waals surface area contributed by atoms with Gasteiger partial charge in [-0.05, 0) is 29.9 Å². The Kier molecular flexibility index (Phi) is 6.19. The minimum absolute atomic E-state index is 0.193. The van der Waals surface area contributed by atoms with Crippen molar-refractivity contribution in [1.82, 2.24) is 4.90 Å². The zero-order valence-electron chi connectivity index (χ0n) is 14.7. The largest absolute Gasteiger partial charge is 0.396 e. The third-order valence-electron chi connectivity index (χ3n) is 4.16. The maximum absolute atomic E-state index is 12.6. The first-order valence-electron chi connectivity index (χ1n) is 8.62. The normalized spacial score (nSPS) is 14.4. The van der Waals surface area contributed by atoms with Crippen LogP contribution in [0.5, 0.6) is 0 Å². The summed E-state index contributed by atoms with van der Waals surface area (Å²) < 4.78 is 0. The third kappa shape index (κ3) is 5.33. The molecular weight excluding hydrogens is 288 g/mol. The Morgan fingerprint density at radius 3 is 2.70 bits per heavy atom. The van der Waals surface area contributed by atoms with Crippen molar-refractivity contribution in [3.05, 3.63) is 29.8 Å². The molecule has 0 unspecified atom stereocenters. The molecule has 1 N–H and O–H groups in total. The van der Waals surface area contributed by atoms with Gasteiger partial charge in [0.15, 0.2) is 0 Å². The highest BCUT2D eigenvalue weighted by Crippen LogP contribution is 2.28. The molecule has 0 aromatic heterocycles. The first kappa shape index (κ1) is 18.0. The molecule has 4 heteroatoms. The number of rotatable bonds is 7. The Bertz CT molecular complexity index is 522. The lowest BCUT2D eigenvalue weighted by Gasteiger charge is -2.30. The van der Waals surface area contributed by atoms with Crippen molar-refractivity contribution in [3.8, 4) is 0 Å². The fourth-order valence-electron chi connectivity index (χ4n) is 3.22. The lowest BCUT2D eigenvalue weighted by Crippen LogP contribution is -2.38. The number of carbonyl (C=O) groups excluding carboxylic acids is 1. The van der Waals surface area contributed by atoms with Gasteiger partial charge < -0.3 is 14.9 Å². The first-order valence-corrected chi connectivity index (χ1v) is 8.62. The number of carbonyl (C=O) groups is 1. The summed E-state index contributed by atoms with van der Waals surface area (Å²) in [7, 11) is 0. The van der Waals surface area contributed by atoms with E-state index in [4.69, 9.17) is 5.11 Å². The van der Waals surface area contributed by atoms with Gasteiger partial charge in [-0.1, -0.05) is 39.0 Å². The monoisotopic (exact) mass is 318 g/mol. The average Bonchev–Trinajstić information content (AvgIpc) is 2.92. The van der Waals surface area contributed by atoms with Crippen LogP contribution in [0.3, 0.4) is 0 Å². The number of nitrogens with zero attached hydrogens (tertiary/aromatic N) is 2. The number of amides is 1. The average molecular weight is 318 g/mol. The maximum Gasteiger partial charge on any atom is 0.228 e. The number of aliphatic hydroxyl groups is 1.